The average Bonchev–Trinajstić information content (AvgIpc) is 2.55. The van der Waals surface area contributed by atoms with Crippen LogP contribution in [-0.2, 0) is 7.05 Å². The number of halogens is 1. The van der Waals surface area contributed by atoms with Gasteiger partial charge in [-0.25, -0.2) is 0 Å². The first-order chi connectivity index (χ1) is 7.13. The molecule has 0 saturated heterocycles. The van der Waals surface area contributed by atoms with E-state index in [-0.39, 0.29) is 5.92 Å². The van der Waals surface area contributed by atoms with E-state index in [0.717, 1.165) is 16.7 Å². The summed E-state index contributed by atoms with van der Waals surface area (Å²) in [7, 11) is 1.92. The van der Waals surface area contributed by atoms with Gasteiger partial charge in [-0.2, -0.15) is 5.26 Å². The number of nitriles is 1. The minimum absolute atomic E-state index is 0.136. The predicted octanol–water partition coefficient (Wildman–Crippen LogP) is 2.85. The van der Waals surface area contributed by atoms with Crippen molar-refractivity contribution >= 4 is 22.6 Å². The first kappa shape index (κ1) is 10.0. The van der Waals surface area contributed by atoms with Crippen LogP contribution in [-0.4, -0.2) is 9.55 Å². The second-order valence-electron chi connectivity index (χ2n) is 3.54. The predicted molar refractivity (Wildman–Crippen MR) is 59.8 cm³/mol. The van der Waals surface area contributed by atoms with Crippen molar-refractivity contribution in [1.82, 2.24) is 9.55 Å². The van der Waals surface area contributed by atoms with Gasteiger partial charge >= 0.3 is 0 Å². The van der Waals surface area contributed by atoms with Crippen LogP contribution >= 0.6 is 11.6 Å². The molecule has 0 aromatic carbocycles. The van der Waals surface area contributed by atoms with Gasteiger partial charge in [-0.1, -0.05) is 11.6 Å². The van der Waals surface area contributed by atoms with Crippen molar-refractivity contribution in [3.63, 3.8) is 0 Å². The van der Waals surface area contributed by atoms with E-state index in [1.54, 1.807) is 6.20 Å². The molecule has 3 nitrogen and oxygen atoms in total. The lowest BCUT2D eigenvalue weighted by atomic mass is 10.1. The molecular formula is C11H10ClN3. The van der Waals surface area contributed by atoms with Crippen LogP contribution in [0.1, 0.15) is 18.5 Å². The standard InChI is InChI=1S/C11H10ClN3/c1-7(5-13)10-4-9-11(15(10)2)3-8(12)6-14-9/h3-4,6-7H,1-2H3. The molecule has 0 bridgehead atoms. The molecule has 4 heteroatoms. The molecule has 0 spiro atoms. The number of fused-ring (bicyclic) bond motifs is 1. The van der Waals surface area contributed by atoms with Crippen molar-refractivity contribution < 1.29 is 0 Å². The third-order valence-corrected chi connectivity index (χ3v) is 2.74. The lowest BCUT2D eigenvalue weighted by Crippen LogP contribution is -1.98. The lowest BCUT2D eigenvalue weighted by Gasteiger charge is -2.04. The molecule has 2 heterocycles. The van der Waals surface area contributed by atoms with Gasteiger partial charge in [0.1, 0.15) is 0 Å². The zero-order valence-electron chi connectivity index (χ0n) is 8.53. The topological polar surface area (TPSA) is 41.6 Å². The molecule has 2 rings (SSSR count). The van der Waals surface area contributed by atoms with Gasteiger partial charge in [0.15, 0.2) is 0 Å². The van der Waals surface area contributed by atoms with Gasteiger partial charge in [0.25, 0.3) is 0 Å². The van der Waals surface area contributed by atoms with E-state index in [2.05, 4.69) is 11.1 Å². The Bertz CT molecular complexity index is 551. The quantitative estimate of drug-likeness (QED) is 0.740. The van der Waals surface area contributed by atoms with E-state index < -0.39 is 0 Å². The van der Waals surface area contributed by atoms with Crippen molar-refractivity contribution in [2.75, 3.05) is 0 Å². The third-order valence-electron chi connectivity index (χ3n) is 2.53. The maximum atomic E-state index is 8.88. The molecule has 2 aromatic rings. The molecule has 0 fully saturated rings. The largest absolute Gasteiger partial charge is 0.345 e. The van der Waals surface area contributed by atoms with Gasteiger partial charge in [-0.15, -0.1) is 0 Å². The molecule has 0 radical (unpaired) electrons. The number of rotatable bonds is 1. The Morgan fingerprint density at radius 3 is 2.93 bits per heavy atom. The summed E-state index contributed by atoms with van der Waals surface area (Å²) in [5, 5.41) is 9.49. The number of aromatic nitrogens is 2. The van der Waals surface area contributed by atoms with Gasteiger partial charge in [0, 0.05) is 18.9 Å². The highest BCUT2D eigenvalue weighted by molar-refractivity contribution is 6.31. The monoisotopic (exact) mass is 219 g/mol. The molecule has 1 unspecified atom stereocenters. The number of aryl methyl sites for hydroxylation is 1. The fourth-order valence-corrected chi connectivity index (χ4v) is 1.83. The molecule has 0 aliphatic carbocycles. The summed E-state index contributed by atoms with van der Waals surface area (Å²) < 4.78 is 1.96. The summed E-state index contributed by atoms with van der Waals surface area (Å²) in [6.45, 7) is 1.87. The fourth-order valence-electron chi connectivity index (χ4n) is 1.68. The Morgan fingerprint density at radius 1 is 1.53 bits per heavy atom. The summed E-state index contributed by atoms with van der Waals surface area (Å²) in [5.41, 5.74) is 2.79. The lowest BCUT2D eigenvalue weighted by molar-refractivity contribution is 0.814. The van der Waals surface area contributed by atoms with E-state index in [1.807, 2.05) is 30.7 Å². The van der Waals surface area contributed by atoms with Crippen LogP contribution in [0.3, 0.4) is 0 Å². The highest BCUT2D eigenvalue weighted by atomic mass is 35.5. The van der Waals surface area contributed by atoms with Crippen LogP contribution in [0.15, 0.2) is 18.3 Å². The smallest absolute Gasteiger partial charge is 0.0885 e. The van der Waals surface area contributed by atoms with Crippen molar-refractivity contribution in [3.8, 4) is 6.07 Å². The second kappa shape index (κ2) is 3.56. The molecule has 0 N–H and O–H groups in total. The Kier molecular flexibility index (Phi) is 2.37. The van der Waals surface area contributed by atoms with Crippen molar-refractivity contribution in [2.24, 2.45) is 7.05 Å². The van der Waals surface area contributed by atoms with E-state index in [9.17, 15) is 0 Å². The van der Waals surface area contributed by atoms with Crippen LogP contribution in [0.2, 0.25) is 5.02 Å². The van der Waals surface area contributed by atoms with Gasteiger partial charge in [0.2, 0.25) is 0 Å². The highest BCUT2D eigenvalue weighted by Crippen LogP contribution is 2.24. The van der Waals surface area contributed by atoms with Crippen LogP contribution in [0.5, 0.6) is 0 Å². The second-order valence-corrected chi connectivity index (χ2v) is 3.97. The Balaban J connectivity index is 2.71. The molecule has 0 aliphatic heterocycles. The summed E-state index contributed by atoms with van der Waals surface area (Å²) in [6, 6.07) is 6.00. The van der Waals surface area contributed by atoms with Gasteiger partial charge < -0.3 is 4.57 Å². The summed E-state index contributed by atoms with van der Waals surface area (Å²) in [4.78, 5) is 4.22. The molecule has 76 valence electrons. The molecule has 2 aromatic heterocycles. The molecule has 0 saturated carbocycles. The summed E-state index contributed by atoms with van der Waals surface area (Å²) in [6.07, 6.45) is 1.62. The van der Waals surface area contributed by atoms with E-state index in [4.69, 9.17) is 16.9 Å². The molecule has 0 amide bonds. The van der Waals surface area contributed by atoms with E-state index >= 15 is 0 Å². The number of nitrogens with zero attached hydrogens (tertiary/aromatic N) is 3. The van der Waals surface area contributed by atoms with Crippen molar-refractivity contribution in [2.45, 2.75) is 12.8 Å². The summed E-state index contributed by atoms with van der Waals surface area (Å²) in [5.74, 6) is -0.136. The van der Waals surface area contributed by atoms with Gasteiger partial charge in [-0.3, -0.25) is 4.98 Å². The average molecular weight is 220 g/mol. The van der Waals surface area contributed by atoms with Gasteiger partial charge in [-0.05, 0) is 19.1 Å². The van der Waals surface area contributed by atoms with E-state index in [1.165, 1.54) is 0 Å². The molecule has 15 heavy (non-hydrogen) atoms. The minimum Gasteiger partial charge on any atom is -0.345 e. The van der Waals surface area contributed by atoms with Crippen LogP contribution in [0.4, 0.5) is 0 Å². The number of pyridine rings is 1. The van der Waals surface area contributed by atoms with Crippen molar-refractivity contribution in [1.29, 1.82) is 5.26 Å². The highest BCUT2D eigenvalue weighted by Gasteiger charge is 2.12. The van der Waals surface area contributed by atoms with E-state index in [0.29, 0.717) is 5.02 Å². The zero-order chi connectivity index (χ0) is 11.0. The third kappa shape index (κ3) is 1.57. The molecular weight excluding hydrogens is 210 g/mol. The maximum Gasteiger partial charge on any atom is 0.0885 e. The summed E-state index contributed by atoms with van der Waals surface area (Å²) >= 11 is 5.87. The first-order valence-corrected chi connectivity index (χ1v) is 5.01. The van der Waals surface area contributed by atoms with Crippen LogP contribution in [0, 0.1) is 11.3 Å². The molecule has 0 aliphatic rings. The normalized spacial score (nSPS) is 12.7. The zero-order valence-corrected chi connectivity index (χ0v) is 9.28. The first-order valence-electron chi connectivity index (χ1n) is 4.64. The number of hydrogen-bond acceptors (Lipinski definition) is 2. The van der Waals surface area contributed by atoms with Gasteiger partial charge in [0.05, 0.1) is 28.0 Å². The SMILES string of the molecule is CC(C#N)c1cc2ncc(Cl)cc2n1C. The Labute approximate surface area is 92.9 Å². The van der Waals surface area contributed by atoms with Crippen LogP contribution < -0.4 is 0 Å². The molecule has 1 atom stereocenters. The Morgan fingerprint density at radius 2 is 2.27 bits per heavy atom. The van der Waals surface area contributed by atoms with Crippen molar-refractivity contribution in [3.05, 3.63) is 29.0 Å². The maximum absolute atomic E-state index is 8.88. The number of hydrogen-bond donors (Lipinski definition) is 0. The van der Waals surface area contributed by atoms with Crippen LogP contribution in [0.25, 0.3) is 11.0 Å². The Hall–Kier alpha value is -1.53. The fraction of sp³-hybridized carbons (Fsp3) is 0.273. The minimum atomic E-state index is -0.136.